The number of hydrogen-bond donors (Lipinski definition) is 1. The van der Waals surface area contributed by atoms with Crippen LogP contribution in [0.1, 0.15) is 5.69 Å². The third-order valence-electron chi connectivity index (χ3n) is 2.84. The summed E-state index contributed by atoms with van der Waals surface area (Å²) >= 11 is 1.64. The van der Waals surface area contributed by atoms with E-state index >= 15 is 0 Å². The minimum absolute atomic E-state index is 0.928. The second-order valence-corrected chi connectivity index (χ2v) is 5.07. The number of fused-ring (bicyclic) bond motifs is 1. The van der Waals surface area contributed by atoms with E-state index in [0.717, 1.165) is 32.3 Å². The number of rotatable bonds is 2. The fraction of sp³-hybridized carbons (Fsp3) is 0.143. The molecule has 0 fully saturated rings. The van der Waals surface area contributed by atoms with Crippen molar-refractivity contribution in [1.82, 2.24) is 9.97 Å². The summed E-state index contributed by atoms with van der Waals surface area (Å²) in [5.74, 6) is 0. The van der Waals surface area contributed by atoms with E-state index in [1.807, 2.05) is 32.2 Å². The van der Waals surface area contributed by atoms with Crippen LogP contribution < -0.4 is 5.32 Å². The van der Waals surface area contributed by atoms with Crippen molar-refractivity contribution >= 4 is 27.4 Å². The second kappa shape index (κ2) is 4.38. The Morgan fingerprint density at radius 1 is 1.06 bits per heavy atom. The maximum Gasteiger partial charge on any atom is 0.183 e. The zero-order valence-corrected chi connectivity index (χ0v) is 11.1. The molecule has 0 saturated heterocycles. The van der Waals surface area contributed by atoms with Crippen molar-refractivity contribution in [3.05, 3.63) is 42.1 Å². The first-order valence-electron chi connectivity index (χ1n) is 5.79. The van der Waals surface area contributed by atoms with Crippen LogP contribution in [0.4, 0.5) is 5.13 Å². The minimum Gasteiger partial charge on any atom is -0.365 e. The highest BCUT2D eigenvalue weighted by Gasteiger charge is 2.10. The molecule has 2 heterocycles. The van der Waals surface area contributed by atoms with E-state index in [1.54, 1.807) is 11.3 Å². The Morgan fingerprint density at radius 2 is 1.89 bits per heavy atom. The van der Waals surface area contributed by atoms with Crippen molar-refractivity contribution in [1.29, 1.82) is 0 Å². The van der Waals surface area contributed by atoms with Gasteiger partial charge in [-0.05, 0) is 19.1 Å². The van der Waals surface area contributed by atoms with Gasteiger partial charge in [-0.3, -0.25) is 0 Å². The molecule has 1 N–H and O–H groups in total. The van der Waals surface area contributed by atoms with Crippen LogP contribution in [0, 0.1) is 6.92 Å². The molecule has 0 aliphatic heterocycles. The van der Waals surface area contributed by atoms with Gasteiger partial charge < -0.3 is 5.32 Å². The summed E-state index contributed by atoms with van der Waals surface area (Å²) in [4.78, 5) is 10.3. The van der Waals surface area contributed by atoms with Gasteiger partial charge in [0, 0.05) is 12.4 Å². The molecule has 90 valence electrons. The Hall–Kier alpha value is -1.94. The Kier molecular flexibility index (Phi) is 2.72. The predicted molar refractivity (Wildman–Crippen MR) is 77.1 cm³/mol. The fourth-order valence-corrected chi connectivity index (χ4v) is 2.82. The smallest absolute Gasteiger partial charge is 0.183 e. The van der Waals surface area contributed by atoms with Gasteiger partial charge in [0.15, 0.2) is 5.13 Å². The molecule has 0 aliphatic rings. The van der Waals surface area contributed by atoms with Crippen molar-refractivity contribution in [3.8, 4) is 10.6 Å². The summed E-state index contributed by atoms with van der Waals surface area (Å²) in [6.07, 6.45) is 0. The van der Waals surface area contributed by atoms with E-state index in [4.69, 9.17) is 4.98 Å². The normalized spacial score (nSPS) is 10.8. The van der Waals surface area contributed by atoms with Gasteiger partial charge in [-0.15, -0.1) is 0 Å². The van der Waals surface area contributed by atoms with Crippen molar-refractivity contribution in [2.24, 2.45) is 0 Å². The average molecular weight is 255 g/mol. The lowest BCUT2D eigenvalue weighted by atomic mass is 10.2. The summed E-state index contributed by atoms with van der Waals surface area (Å²) in [6, 6.07) is 12.3. The summed E-state index contributed by atoms with van der Waals surface area (Å²) in [6.45, 7) is 2.02. The number of aromatic nitrogens is 2. The van der Waals surface area contributed by atoms with Crippen molar-refractivity contribution in [3.63, 3.8) is 0 Å². The van der Waals surface area contributed by atoms with E-state index in [-0.39, 0.29) is 0 Å². The molecular weight excluding hydrogens is 242 g/mol. The van der Waals surface area contributed by atoms with E-state index in [0.29, 0.717) is 0 Å². The highest BCUT2D eigenvalue weighted by molar-refractivity contribution is 7.19. The molecule has 2 aromatic heterocycles. The third-order valence-corrected chi connectivity index (χ3v) is 4.04. The molecule has 0 radical (unpaired) electrons. The average Bonchev–Trinajstić information content (AvgIpc) is 2.79. The SMILES string of the molecule is CNc1nc(C)c(-c2ccc3ccccc3n2)s1. The standard InChI is InChI=1S/C14H13N3S/c1-9-13(18-14(15-2)16-9)12-8-7-10-5-3-4-6-11(10)17-12/h3-8H,1-2H3,(H,15,16). The lowest BCUT2D eigenvalue weighted by molar-refractivity contribution is 1.24. The molecule has 3 rings (SSSR count). The molecule has 0 amide bonds. The lowest BCUT2D eigenvalue weighted by Crippen LogP contribution is -1.85. The van der Waals surface area contributed by atoms with Crippen LogP contribution in [0.2, 0.25) is 0 Å². The number of nitrogens with zero attached hydrogens (tertiary/aromatic N) is 2. The van der Waals surface area contributed by atoms with E-state index < -0.39 is 0 Å². The van der Waals surface area contributed by atoms with Gasteiger partial charge in [0.05, 0.1) is 21.8 Å². The van der Waals surface area contributed by atoms with Gasteiger partial charge in [-0.2, -0.15) is 0 Å². The number of pyridine rings is 1. The van der Waals surface area contributed by atoms with Crippen LogP contribution in [-0.4, -0.2) is 17.0 Å². The van der Waals surface area contributed by atoms with Crippen LogP contribution in [0.25, 0.3) is 21.5 Å². The van der Waals surface area contributed by atoms with Gasteiger partial charge in [-0.1, -0.05) is 35.6 Å². The van der Waals surface area contributed by atoms with E-state index in [9.17, 15) is 0 Å². The van der Waals surface area contributed by atoms with Gasteiger partial charge in [-0.25, -0.2) is 9.97 Å². The number of benzene rings is 1. The quantitative estimate of drug-likeness (QED) is 0.758. The summed E-state index contributed by atoms with van der Waals surface area (Å²) in [5.41, 5.74) is 3.03. The molecule has 0 bridgehead atoms. The van der Waals surface area contributed by atoms with Crippen molar-refractivity contribution in [2.75, 3.05) is 12.4 Å². The molecule has 0 atom stereocenters. The first-order chi connectivity index (χ1) is 8.78. The molecule has 3 nitrogen and oxygen atoms in total. The highest BCUT2D eigenvalue weighted by Crippen LogP contribution is 2.32. The van der Waals surface area contributed by atoms with Gasteiger partial charge in [0.25, 0.3) is 0 Å². The first-order valence-corrected chi connectivity index (χ1v) is 6.61. The van der Waals surface area contributed by atoms with Crippen LogP contribution in [-0.2, 0) is 0 Å². The topological polar surface area (TPSA) is 37.8 Å². The summed E-state index contributed by atoms with van der Waals surface area (Å²) in [5, 5.41) is 5.17. The lowest BCUT2D eigenvalue weighted by Gasteiger charge is -2.01. The Labute approximate surface area is 110 Å². The van der Waals surface area contributed by atoms with E-state index in [2.05, 4.69) is 28.5 Å². The molecule has 3 aromatic rings. The molecular formula is C14H13N3S. The minimum atomic E-state index is 0.928. The Morgan fingerprint density at radius 3 is 2.67 bits per heavy atom. The maximum atomic E-state index is 4.70. The maximum absolute atomic E-state index is 4.70. The van der Waals surface area contributed by atoms with E-state index in [1.165, 1.54) is 0 Å². The Bertz CT molecular complexity index is 703. The summed E-state index contributed by atoms with van der Waals surface area (Å²) < 4.78 is 0. The number of aryl methyl sites for hydroxylation is 1. The monoisotopic (exact) mass is 255 g/mol. The van der Waals surface area contributed by atoms with Crippen LogP contribution in [0.3, 0.4) is 0 Å². The third kappa shape index (κ3) is 1.84. The number of para-hydroxylation sites is 1. The first kappa shape index (κ1) is 11.2. The Balaban J connectivity index is 2.15. The van der Waals surface area contributed by atoms with Crippen molar-refractivity contribution in [2.45, 2.75) is 6.92 Å². The largest absolute Gasteiger partial charge is 0.365 e. The van der Waals surface area contributed by atoms with Crippen LogP contribution in [0.5, 0.6) is 0 Å². The number of hydrogen-bond acceptors (Lipinski definition) is 4. The molecule has 0 aliphatic carbocycles. The van der Waals surface area contributed by atoms with Crippen LogP contribution >= 0.6 is 11.3 Å². The molecule has 0 saturated carbocycles. The zero-order chi connectivity index (χ0) is 12.5. The van der Waals surface area contributed by atoms with Crippen molar-refractivity contribution < 1.29 is 0 Å². The molecule has 1 aromatic carbocycles. The van der Waals surface area contributed by atoms with Gasteiger partial charge >= 0.3 is 0 Å². The molecule has 0 spiro atoms. The van der Waals surface area contributed by atoms with Crippen LogP contribution in [0.15, 0.2) is 36.4 Å². The van der Waals surface area contributed by atoms with Gasteiger partial charge in [0.2, 0.25) is 0 Å². The summed E-state index contributed by atoms with van der Waals surface area (Å²) in [7, 11) is 1.88. The predicted octanol–water partition coefficient (Wildman–Crippen LogP) is 3.71. The highest BCUT2D eigenvalue weighted by atomic mass is 32.1. The van der Waals surface area contributed by atoms with Gasteiger partial charge in [0.1, 0.15) is 0 Å². The zero-order valence-electron chi connectivity index (χ0n) is 10.3. The number of nitrogens with one attached hydrogen (secondary N) is 1. The molecule has 4 heteroatoms. The molecule has 18 heavy (non-hydrogen) atoms. The fourth-order valence-electron chi connectivity index (χ4n) is 1.93. The number of thiazole rings is 1. The molecule has 0 unspecified atom stereocenters. The second-order valence-electron chi connectivity index (χ2n) is 4.07. The number of anilines is 1.